The maximum absolute atomic E-state index is 10.2. The van der Waals surface area contributed by atoms with Crippen LogP contribution in [0.15, 0.2) is 0 Å². The van der Waals surface area contributed by atoms with Gasteiger partial charge in [-0.1, -0.05) is 58.3 Å². The van der Waals surface area contributed by atoms with Crippen molar-refractivity contribution in [2.75, 3.05) is 0 Å². The summed E-state index contributed by atoms with van der Waals surface area (Å²) in [6.45, 7) is 2.23. The summed E-state index contributed by atoms with van der Waals surface area (Å²) < 4.78 is 0. The van der Waals surface area contributed by atoms with E-state index in [4.69, 9.17) is 5.11 Å². The molecule has 0 radical (unpaired) electrons. The third-order valence-electron chi connectivity index (χ3n) is 2.49. The minimum absolute atomic E-state index is 0. The van der Waals surface area contributed by atoms with Crippen molar-refractivity contribution in [2.24, 2.45) is 0 Å². The van der Waals surface area contributed by atoms with Crippen LogP contribution in [0.3, 0.4) is 0 Å². The van der Waals surface area contributed by atoms with Gasteiger partial charge in [0.25, 0.3) is 0 Å². The van der Waals surface area contributed by atoms with E-state index in [0.29, 0.717) is 6.42 Å². The summed E-state index contributed by atoms with van der Waals surface area (Å²) in [6.07, 6.45) is 11.5. The van der Waals surface area contributed by atoms with Crippen LogP contribution in [0.4, 0.5) is 0 Å². The quantitative estimate of drug-likeness (QED) is 0.467. The number of rotatable bonds is 10. The van der Waals surface area contributed by atoms with Crippen molar-refractivity contribution in [1.29, 1.82) is 0 Å². The van der Waals surface area contributed by atoms with Crippen LogP contribution in [0.25, 0.3) is 0 Å². The summed E-state index contributed by atoms with van der Waals surface area (Å²) in [7, 11) is 0. The van der Waals surface area contributed by atoms with Crippen LogP contribution in [0.5, 0.6) is 0 Å². The van der Waals surface area contributed by atoms with E-state index in [1.54, 1.807) is 0 Å². The molecule has 1 N–H and O–H groups in total. The molecule has 0 amide bonds. The minimum Gasteiger partial charge on any atom is -1.00 e. The summed E-state index contributed by atoms with van der Waals surface area (Å²) >= 11 is 0. The third kappa shape index (κ3) is 17.3. The molecular formula is C12H26CaO2. The van der Waals surface area contributed by atoms with E-state index < -0.39 is 5.97 Å². The summed E-state index contributed by atoms with van der Waals surface area (Å²) in [5.41, 5.74) is 0. The van der Waals surface area contributed by atoms with Gasteiger partial charge >= 0.3 is 43.7 Å². The molecule has 0 heterocycles. The van der Waals surface area contributed by atoms with Crippen LogP contribution in [-0.4, -0.2) is 48.8 Å². The molecule has 15 heavy (non-hydrogen) atoms. The molecule has 0 saturated carbocycles. The SMILES string of the molecule is CCCCCCCCCCCC(=O)O.[Ca+2].[H-].[H-]. The molecule has 88 valence electrons. The fourth-order valence-corrected chi connectivity index (χ4v) is 1.59. The number of aliphatic carboxylic acids is 1. The Morgan fingerprint density at radius 3 is 1.73 bits per heavy atom. The monoisotopic (exact) mass is 242 g/mol. The molecule has 0 rings (SSSR count). The Labute approximate surface area is 127 Å². The largest absolute Gasteiger partial charge is 2.00 e. The second kappa shape index (κ2) is 14.7. The molecule has 2 nitrogen and oxygen atoms in total. The average Bonchev–Trinajstić information content (AvgIpc) is 2.15. The van der Waals surface area contributed by atoms with Crippen molar-refractivity contribution in [2.45, 2.75) is 71.1 Å². The van der Waals surface area contributed by atoms with Crippen LogP contribution in [0.2, 0.25) is 0 Å². The Morgan fingerprint density at radius 2 is 1.33 bits per heavy atom. The fraction of sp³-hybridized carbons (Fsp3) is 0.917. The molecule has 0 spiro atoms. The van der Waals surface area contributed by atoms with E-state index in [2.05, 4.69) is 6.92 Å². The van der Waals surface area contributed by atoms with Gasteiger partial charge in [-0.25, -0.2) is 0 Å². The first-order valence-corrected chi connectivity index (χ1v) is 5.99. The predicted octanol–water partition coefficient (Wildman–Crippen LogP) is 3.84. The van der Waals surface area contributed by atoms with Crippen molar-refractivity contribution < 1.29 is 12.8 Å². The van der Waals surface area contributed by atoms with Crippen LogP contribution < -0.4 is 0 Å². The number of carboxylic acid groups (broad SMARTS) is 1. The topological polar surface area (TPSA) is 37.3 Å². The van der Waals surface area contributed by atoms with E-state index in [0.717, 1.165) is 12.8 Å². The zero-order valence-electron chi connectivity index (χ0n) is 12.1. The van der Waals surface area contributed by atoms with Crippen LogP contribution in [0.1, 0.15) is 74.0 Å². The minimum atomic E-state index is -0.659. The molecule has 0 aromatic heterocycles. The molecule has 0 aliphatic carbocycles. The van der Waals surface area contributed by atoms with Gasteiger partial charge in [0.1, 0.15) is 0 Å². The first kappa shape index (κ1) is 18.1. The Balaban J connectivity index is -0.000000282. The Hall–Kier alpha value is 0.730. The van der Waals surface area contributed by atoms with Crippen molar-refractivity contribution in [3.63, 3.8) is 0 Å². The van der Waals surface area contributed by atoms with Crippen molar-refractivity contribution in [1.82, 2.24) is 0 Å². The normalized spacial score (nSPS) is 9.67. The molecule has 0 aromatic rings. The Bertz CT molecular complexity index is 146. The third-order valence-corrected chi connectivity index (χ3v) is 2.49. The summed E-state index contributed by atoms with van der Waals surface area (Å²) in [6, 6.07) is 0. The molecule has 0 saturated heterocycles. The van der Waals surface area contributed by atoms with Gasteiger partial charge in [-0.05, 0) is 6.42 Å². The van der Waals surface area contributed by atoms with E-state index in [9.17, 15) is 4.79 Å². The molecule has 0 aliphatic rings. The van der Waals surface area contributed by atoms with E-state index in [1.807, 2.05) is 0 Å². The van der Waals surface area contributed by atoms with E-state index >= 15 is 0 Å². The van der Waals surface area contributed by atoms with Gasteiger partial charge in [0, 0.05) is 6.42 Å². The van der Waals surface area contributed by atoms with Crippen molar-refractivity contribution in [3.05, 3.63) is 0 Å². The molecule has 0 aromatic carbocycles. The number of hydrogen-bond donors (Lipinski definition) is 1. The smallest absolute Gasteiger partial charge is 1.00 e. The van der Waals surface area contributed by atoms with Crippen LogP contribution in [-0.2, 0) is 4.79 Å². The Kier molecular flexibility index (Phi) is 17.8. The summed E-state index contributed by atoms with van der Waals surface area (Å²) in [5, 5.41) is 8.41. The van der Waals surface area contributed by atoms with Gasteiger partial charge in [0.05, 0.1) is 0 Å². The zero-order chi connectivity index (χ0) is 10.6. The van der Waals surface area contributed by atoms with Crippen molar-refractivity contribution in [3.8, 4) is 0 Å². The molecule has 0 aliphatic heterocycles. The zero-order valence-corrected chi connectivity index (χ0v) is 12.3. The molecule has 0 unspecified atom stereocenters. The summed E-state index contributed by atoms with van der Waals surface area (Å²) in [5.74, 6) is -0.659. The van der Waals surface area contributed by atoms with Gasteiger partial charge in [-0.15, -0.1) is 0 Å². The van der Waals surface area contributed by atoms with E-state index in [-0.39, 0.29) is 40.6 Å². The average molecular weight is 242 g/mol. The first-order chi connectivity index (χ1) is 6.77. The second-order valence-corrected chi connectivity index (χ2v) is 3.97. The number of carbonyl (C=O) groups is 1. The summed E-state index contributed by atoms with van der Waals surface area (Å²) in [4.78, 5) is 10.2. The maximum Gasteiger partial charge on any atom is 2.00 e. The number of unbranched alkanes of at least 4 members (excludes halogenated alkanes) is 8. The second-order valence-electron chi connectivity index (χ2n) is 3.97. The van der Waals surface area contributed by atoms with Gasteiger partial charge in [0.15, 0.2) is 0 Å². The molecule has 3 heteroatoms. The molecule has 0 bridgehead atoms. The molecule has 0 atom stereocenters. The number of hydrogen-bond acceptors (Lipinski definition) is 1. The Morgan fingerprint density at radius 1 is 0.933 bits per heavy atom. The standard InChI is InChI=1S/C12H24O2.Ca.2H/c1-2-3-4-5-6-7-8-9-10-11-12(13)14;;;/h2-11H2,1H3,(H,13,14);;;/q;+2;2*-1. The van der Waals surface area contributed by atoms with Gasteiger partial charge in [0.2, 0.25) is 0 Å². The number of carboxylic acids is 1. The van der Waals surface area contributed by atoms with Gasteiger partial charge in [-0.2, -0.15) is 0 Å². The first-order valence-electron chi connectivity index (χ1n) is 5.99. The fourth-order valence-electron chi connectivity index (χ4n) is 1.59. The van der Waals surface area contributed by atoms with Crippen molar-refractivity contribution >= 4 is 43.7 Å². The molecule has 0 fully saturated rings. The van der Waals surface area contributed by atoms with Gasteiger partial charge in [-0.3, -0.25) is 4.79 Å². The van der Waals surface area contributed by atoms with Crippen LogP contribution in [0, 0.1) is 0 Å². The molecular weight excluding hydrogens is 216 g/mol. The van der Waals surface area contributed by atoms with E-state index in [1.165, 1.54) is 44.9 Å². The predicted molar refractivity (Wildman–Crippen MR) is 67.5 cm³/mol. The van der Waals surface area contributed by atoms with Gasteiger partial charge < -0.3 is 7.96 Å². The van der Waals surface area contributed by atoms with Crippen LogP contribution >= 0.6 is 0 Å². The maximum atomic E-state index is 10.2.